The van der Waals surface area contributed by atoms with Crippen LogP contribution in [0.5, 0.6) is 0 Å². The van der Waals surface area contributed by atoms with Crippen LogP contribution in [-0.4, -0.2) is 61.8 Å². The molecular formula is C27H28N4O6S. The molecule has 0 saturated carbocycles. The summed E-state index contributed by atoms with van der Waals surface area (Å²) < 4.78 is -0.734. The standard InChI is InChI=1S/C27H28N4O6S/c1-15-8-7-11-17(14-15)28-18(32)12-13-19(33)29-20(16-9-5-4-6-10-16)23(34)30-21-24(35)31-22(26(36)37)27(2,3)38-25(21)31/h4-14,20-22,25H,1-3H3,(H,28,32)(H,29,33)(H,30,34)(H,36,37)/b13-12+/t20?,21-,22+,25-/m1/s1. The fraction of sp³-hybridized carbons (Fsp3) is 0.296. The van der Waals surface area contributed by atoms with Gasteiger partial charge < -0.3 is 26.0 Å². The lowest BCUT2D eigenvalue weighted by Crippen LogP contribution is -2.71. The highest BCUT2D eigenvalue weighted by atomic mass is 32.2. The molecule has 2 heterocycles. The Morgan fingerprint density at radius 2 is 1.71 bits per heavy atom. The normalized spacial score (nSPS) is 22.2. The summed E-state index contributed by atoms with van der Waals surface area (Å²) in [6.07, 6.45) is 2.09. The van der Waals surface area contributed by atoms with Gasteiger partial charge in [-0.15, -0.1) is 11.8 Å². The average molecular weight is 537 g/mol. The van der Waals surface area contributed by atoms with Gasteiger partial charge in [0, 0.05) is 22.6 Å². The number of nitrogens with one attached hydrogen (secondary N) is 3. The second kappa shape index (κ2) is 10.7. The molecule has 2 fully saturated rings. The van der Waals surface area contributed by atoms with E-state index < -0.39 is 57.8 Å². The van der Waals surface area contributed by atoms with Crippen LogP contribution in [0.15, 0.2) is 66.7 Å². The number of fused-ring (bicyclic) bond motifs is 1. The Labute approximate surface area is 223 Å². The maximum atomic E-state index is 13.3. The number of β-lactam (4-membered cyclic amide) rings is 1. The van der Waals surface area contributed by atoms with E-state index in [0.717, 1.165) is 17.7 Å². The van der Waals surface area contributed by atoms with Gasteiger partial charge in [-0.25, -0.2) is 4.79 Å². The molecule has 2 aliphatic heterocycles. The fourth-order valence-electron chi connectivity index (χ4n) is 4.58. The summed E-state index contributed by atoms with van der Waals surface area (Å²) in [5.74, 6) is -3.41. The molecule has 4 amide bonds. The first-order chi connectivity index (χ1) is 18.0. The number of nitrogens with zero attached hydrogens (tertiary/aromatic N) is 1. The summed E-state index contributed by atoms with van der Waals surface area (Å²) in [4.78, 5) is 64.0. The second-order valence-electron chi connectivity index (χ2n) is 9.63. The first kappa shape index (κ1) is 26.9. The Balaban J connectivity index is 1.44. The number of carboxylic acid groups (broad SMARTS) is 1. The van der Waals surface area contributed by atoms with Gasteiger partial charge in [-0.05, 0) is 44.0 Å². The Hall–Kier alpha value is -4.12. The summed E-state index contributed by atoms with van der Waals surface area (Å²) in [5.41, 5.74) is 2.02. The van der Waals surface area contributed by atoms with Gasteiger partial charge >= 0.3 is 5.97 Å². The average Bonchev–Trinajstić information content (AvgIpc) is 3.12. The highest BCUT2D eigenvalue weighted by molar-refractivity contribution is 8.01. The highest BCUT2D eigenvalue weighted by Gasteiger charge is 2.64. The van der Waals surface area contributed by atoms with Crippen LogP contribution in [0.4, 0.5) is 5.69 Å². The minimum atomic E-state index is -1.15. The number of carbonyl (C=O) groups is 5. The number of amides is 4. The number of rotatable bonds is 8. The van der Waals surface area contributed by atoms with Crippen molar-refractivity contribution in [3.63, 3.8) is 0 Å². The van der Waals surface area contributed by atoms with Crippen molar-refractivity contribution in [2.24, 2.45) is 0 Å². The minimum Gasteiger partial charge on any atom is -0.480 e. The van der Waals surface area contributed by atoms with Gasteiger partial charge in [-0.1, -0.05) is 42.5 Å². The quantitative estimate of drug-likeness (QED) is 0.298. The molecule has 4 rings (SSSR count). The highest BCUT2D eigenvalue weighted by Crippen LogP contribution is 2.50. The van der Waals surface area contributed by atoms with Gasteiger partial charge in [0.2, 0.25) is 23.6 Å². The zero-order chi connectivity index (χ0) is 27.6. The Morgan fingerprint density at radius 3 is 2.37 bits per heavy atom. The predicted octanol–water partition coefficient (Wildman–Crippen LogP) is 1.98. The molecule has 10 nitrogen and oxygen atoms in total. The Morgan fingerprint density at radius 1 is 1.03 bits per heavy atom. The molecular weight excluding hydrogens is 508 g/mol. The Kier molecular flexibility index (Phi) is 7.58. The van der Waals surface area contributed by atoms with Crippen LogP contribution in [-0.2, 0) is 24.0 Å². The summed E-state index contributed by atoms with van der Waals surface area (Å²) in [6, 6.07) is 12.6. The van der Waals surface area contributed by atoms with Crippen molar-refractivity contribution < 1.29 is 29.1 Å². The summed E-state index contributed by atoms with van der Waals surface area (Å²) in [5, 5.41) is 17.0. The van der Waals surface area contributed by atoms with Crippen molar-refractivity contribution in [3.8, 4) is 0 Å². The van der Waals surface area contributed by atoms with E-state index in [4.69, 9.17) is 0 Å². The number of hydrogen-bond acceptors (Lipinski definition) is 6. The van der Waals surface area contributed by atoms with E-state index in [1.807, 2.05) is 13.0 Å². The van der Waals surface area contributed by atoms with E-state index in [1.165, 1.54) is 16.7 Å². The van der Waals surface area contributed by atoms with Gasteiger partial charge in [0.1, 0.15) is 23.5 Å². The maximum Gasteiger partial charge on any atom is 0.327 e. The van der Waals surface area contributed by atoms with E-state index in [-0.39, 0.29) is 0 Å². The van der Waals surface area contributed by atoms with Gasteiger partial charge in [0.25, 0.3) is 0 Å². The van der Waals surface area contributed by atoms with Crippen molar-refractivity contribution in [2.45, 2.75) is 49.0 Å². The maximum absolute atomic E-state index is 13.3. The topological polar surface area (TPSA) is 145 Å². The van der Waals surface area contributed by atoms with Crippen molar-refractivity contribution in [3.05, 3.63) is 77.9 Å². The molecule has 0 radical (unpaired) electrons. The van der Waals surface area contributed by atoms with Crippen molar-refractivity contribution in [2.75, 3.05) is 5.32 Å². The monoisotopic (exact) mass is 536 g/mol. The van der Waals surface area contributed by atoms with Gasteiger partial charge in [-0.3, -0.25) is 19.2 Å². The van der Waals surface area contributed by atoms with Gasteiger partial charge in [0.15, 0.2) is 0 Å². The van der Waals surface area contributed by atoms with Crippen molar-refractivity contribution in [1.82, 2.24) is 15.5 Å². The number of thioether (sulfide) groups is 1. The van der Waals surface area contributed by atoms with E-state index in [9.17, 15) is 29.1 Å². The summed E-state index contributed by atoms with van der Waals surface area (Å²) in [6.45, 7) is 5.38. The molecule has 2 aromatic carbocycles. The zero-order valence-electron chi connectivity index (χ0n) is 21.0. The molecule has 0 aromatic heterocycles. The smallest absolute Gasteiger partial charge is 0.327 e. The van der Waals surface area contributed by atoms with E-state index in [0.29, 0.717) is 11.3 Å². The molecule has 1 unspecified atom stereocenters. The molecule has 0 bridgehead atoms. The lowest BCUT2D eigenvalue weighted by Gasteiger charge is -2.44. The van der Waals surface area contributed by atoms with Crippen molar-refractivity contribution in [1.29, 1.82) is 0 Å². The minimum absolute atomic E-state index is 0.474. The summed E-state index contributed by atoms with van der Waals surface area (Å²) in [7, 11) is 0. The lowest BCUT2D eigenvalue weighted by atomic mass is 9.95. The number of aryl methyl sites for hydroxylation is 1. The molecule has 2 saturated heterocycles. The molecule has 4 N–H and O–H groups in total. The Bertz CT molecular complexity index is 1310. The van der Waals surface area contributed by atoms with Crippen LogP contribution >= 0.6 is 11.8 Å². The summed E-state index contributed by atoms with van der Waals surface area (Å²) >= 11 is 1.31. The van der Waals surface area contributed by atoms with E-state index >= 15 is 0 Å². The van der Waals surface area contributed by atoms with Gasteiger partial charge in [0.05, 0.1) is 0 Å². The number of benzene rings is 2. The fourth-order valence-corrected chi connectivity index (χ4v) is 6.20. The third kappa shape index (κ3) is 5.57. The molecule has 11 heteroatoms. The molecule has 2 aromatic rings. The third-order valence-corrected chi connectivity index (χ3v) is 7.90. The number of hydrogen-bond donors (Lipinski definition) is 4. The molecule has 0 aliphatic carbocycles. The number of aliphatic carboxylic acids is 1. The third-order valence-electron chi connectivity index (χ3n) is 6.33. The zero-order valence-corrected chi connectivity index (χ0v) is 21.8. The predicted molar refractivity (Wildman–Crippen MR) is 142 cm³/mol. The molecule has 2 aliphatic rings. The van der Waals surface area contributed by atoms with Crippen LogP contribution in [0.25, 0.3) is 0 Å². The number of anilines is 1. The van der Waals surface area contributed by atoms with Gasteiger partial charge in [-0.2, -0.15) is 0 Å². The van der Waals surface area contributed by atoms with Crippen LogP contribution in [0.1, 0.15) is 31.0 Å². The van der Waals surface area contributed by atoms with E-state index in [1.54, 1.807) is 62.4 Å². The van der Waals surface area contributed by atoms with Crippen LogP contribution < -0.4 is 16.0 Å². The second-order valence-corrected chi connectivity index (χ2v) is 11.4. The van der Waals surface area contributed by atoms with Crippen LogP contribution in [0, 0.1) is 6.92 Å². The molecule has 38 heavy (non-hydrogen) atoms. The number of carboxylic acids is 1. The molecule has 198 valence electrons. The van der Waals surface area contributed by atoms with E-state index in [2.05, 4.69) is 16.0 Å². The number of carbonyl (C=O) groups excluding carboxylic acids is 4. The lowest BCUT2D eigenvalue weighted by molar-refractivity contribution is -0.161. The molecule has 0 spiro atoms. The van der Waals surface area contributed by atoms with Crippen LogP contribution in [0.2, 0.25) is 0 Å². The SMILES string of the molecule is Cc1cccc(NC(=O)/C=C/C(=O)NC(C(=O)N[C@@H]2C(=O)N3[C@@H]2SC(C)(C)[C@@H]3C(=O)O)c2ccccc2)c1. The van der Waals surface area contributed by atoms with Crippen LogP contribution in [0.3, 0.4) is 0 Å². The molecule has 4 atom stereocenters. The largest absolute Gasteiger partial charge is 0.480 e. The first-order valence-electron chi connectivity index (χ1n) is 11.9. The van der Waals surface area contributed by atoms with Crippen molar-refractivity contribution >= 4 is 47.0 Å². The first-order valence-corrected chi connectivity index (χ1v) is 12.8.